The minimum atomic E-state index is -0.0959. The zero-order chi connectivity index (χ0) is 10.6. The van der Waals surface area contributed by atoms with Crippen LogP contribution in [-0.4, -0.2) is 29.3 Å². The SMILES string of the molecule is CC1C(=O)N(C(=O)C2CC2)C2=CCN[C@H]21. The van der Waals surface area contributed by atoms with E-state index in [2.05, 4.69) is 5.32 Å². The van der Waals surface area contributed by atoms with Crippen molar-refractivity contribution in [2.24, 2.45) is 11.8 Å². The van der Waals surface area contributed by atoms with E-state index in [0.29, 0.717) is 0 Å². The van der Waals surface area contributed by atoms with Gasteiger partial charge in [-0.2, -0.15) is 0 Å². The van der Waals surface area contributed by atoms with E-state index in [4.69, 9.17) is 0 Å². The summed E-state index contributed by atoms with van der Waals surface area (Å²) < 4.78 is 0. The van der Waals surface area contributed by atoms with Crippen LogP contribution in [0.25, 0.3) is 0 Å². The third kappa shape index (κ3) is 1.17. The van der Waals surface area contributed by atoms with Crippen molar-refractivity contribution >= 4 is 11.8 Å². The van der Waals surface area contributed by atoms with Crippen molar-refractivity contribution in [3.63, 3.8) is 0 Å². The standard InChI is InChI=1S/C11H14N2O2/c1-6-9-8(4-5-12-9)13(10(6)14)11(15)7-2-3-7/h4,6-7,9,12H,2-3,5H2,1H3/t6?,9-/m0/s1. The molecule has 4 nitrogen and oxygen atoms in total. The minimum absolute atomic E-state index is 0.0179. The molecule has 0 aromatic carbocycles. The topological polar surface area (TPSA) is 49.4 Å². The second-order valence-electron chi connectivity index (χ2n) is 4.59. The molecule has 80 valence electrons. The lowest BCUT2D eigenvalue weighted by Crippen LogP contribution is -2.33. The number of rotatable bonds is 1. The second kappa shape index (κ2) is 2.92. The smallest absolute Gasteiger partial charge is 0.238 e. The Morgan fingerprint density at radius 1 is 1.53 bits per heavy atom. The normalized spacial score (nSPS) is 34.3. The van der Waals surface area contributed by atoms with E-state index in [0.717, 1.165) is 25.1 Å². The fraction of sp³-hybridized carbons (Fsp3) is 0.636. The summed E-state index contributed by atoms with van der Waals surface area (Å²) in [7, 11) is 0. The molecule has 2 atom stereocenters. The van der Waals surface area contributed by atoms with E-state index in [9.17, 15) is 9.59 Å². The van der Waals surface area contributed by atoms with E-state index >= 15 is 0 Å². The van der Waals surface area contributed by atoms with Gasteiger partial charge in [0.1, 0.15) is 0 Å². The fourth-order valence-electron chi connectivity index (χ4n) is 2.41. The first-order valence-electron chi connectivity index (χ1n) is 5.51. The summed E-state index contributed by atoms with van der Waals surface area (Å²) >= 11 is 0. The molecule has 1 aliphatic carbocycles. The maximum atomic E-state index is 11.9. The van der Waals surface area contributed by atoms with Crippen LogP contribution < -0.4 is 5.32 Å². The predicted octanol–water partition coefficient (Wildman–Crippen LogP) is 0.257. The molecule has 2 aliphatic heterocycles. The highest BCUT2D eigenvalue weighted by molar-refractivity contribution is 6.03. The number of carbonyl (C=O) groups is 2. The summed E-state index contributed by atoms with van der Waals surface area (Å²) in [6.07, 6.45) is 3.86. The van der Waals surface area contributed by atoms with Crippen molar-refractivity contribution in [1.29, 1.82) is 0 Å². The Hall–Kier alpha value is -1.16. The molecule has 2 fully saturated rings. The number of imide groups is 1. The summed E-state index contributed by atoms with van der Waals surface area (Å²) in [5.74, 6) is 0.00231. The molecule has 2 heterocycles. The lowest BCUT2D eigenvalue weighted by atomic mass is 10.1. The molecule has 2 amide bonds. The second-order valence-corrected chi connectivity index (χ2v) is 4.59. The molecule has 4 heteroatoms. The highest BCUT2D eigenvalue weighted by Gasteiger charge is 2.49. The Bertz CT molecular complexity index is 363. The van der Waals surface area contributed by atoms with Gasteiger partial charge in [-0.05, 0) is 18.9 Å². The van der Waals surface area contributed by atoms with Gasteiger partial charge in [0.25, 0.3) is 0 Å². The van der Waals surface area contributed by atoms with Crippen LogP contribution in [0.2, 0.25) is 0 Å². The molecule has 0 aromatic rings. The van der Waals surface area contributed by atoms with Crippen LogP contribution >= 0.6 is 0 Å². The summed E-state index contributed by atoms with van der Waals surface area (Å²) in [6.45, 7) is 2.66. The van der Waals surface area contributed by atoms with Crippen LogP contribution in [0.15, 0.2) is 11.8 Å². The van der Waals surface area contributed by atoms with Crippen molar-refractivity contribution in [1.82, 2.24) is 10.2 Å². The Kier molecular flexibility index (Phi) is 1.77. The Labute approximate surface area is 88.3 Å². The Balaban J connectivity index is 1.93. The highest BCUT2D eigenvalue weighted by Crippen LogP contribution is 2.37. The number of nitrogens with zero attached hydrogens (tertiary/aromatic N) is 1. The number of carbonyl (C=O) groups excluding carboxylic acids is 2. The Morgan fingerprint density at radius 2 is 2.27 bits per heavy atom. The molecule has 0 bridgehead atoms. The van der Waals surface area contributed by atoms with Gasteiger partial charge in [-0.25, -0.2) is 0 Å². The van der Waals surface area contributed by atoms with Gasteiger partial charge in [0.2, 0.25) is 11.8 Å². The number of hydrogen-bond acceptors (Lipinski definition) is 3. The number of hydrogen-bond donors (Lipinski definition) is 1. The first kappa shape index (κ1) is 9.09. The third-order valence-corrected chi connectivity index (χ3v) is 3.48. The first-order chi connectivity index (χ1) is 7.20. The van der Waals surface area contributed by atoms with Crippen LogP contribution in [0.4, 0.5) is 0 Å². The maximum absolute atomic E-state index is 11.9. The molecule has 3 aliphatic rings. The molecule has 1 N–H and O–H groups in total. The lowest BCUT2D eigenvalue weighted by molar-refractivity contribution is -0.142. The largest absolute Gasteiger partial charge is 0.304 e. The Morgan fingerprint density at radius 3 is 2.93 bits per heavy atom. The van der Waals surface area contributed by atoms with Crippen LogP contribution in [0.5, 0.6) is 0 Å². The van der Waals surface area contributed by atoms with Gasteiger partial charge >= 0.3 is 0 Å². The van der Waals surface area contributed by atoms with E-state index in [1.54, 1.807) is 0 Å². The van der Waals surface area contributed by atoms with Crippen LogP contribution in [-0.2, 0) is 9.59 Å². The monoisotopic (exact) mass is 206 g/mol. The predicted molar refractivity (Wildman–Crippen MR) is 53.6 cm³/mol. The van der Waals surface area contributed by atoms with Crippen molar-refractivity contribution < 1.29 is 9.59 Å². The van der Waals surface area contributed by atoms with Crippen LogP contribution in [0.1, 0.15) is 19.8 Å². The van der Waals surface area contributed by atoms with Gasteiger partial charge in [0.15, 0.2) is 0 Å². The molecular weight excluding hydrogens is 192 g/mol. The molecule has 1 saturated heterocycles. The average molecular weight is 206 g/mol. The molecule has 1 unspecified atom stereocenters. The lowest BCUT2D eigenvalue weighted by Gasteiger charge is -2.15. The molecular formula is C11H14N2O2. The summed E-state index contributed by atoms with van der Waals surface area (Å²) in [4.78, 5) is 25.3. The number of nitrogens with one attached hydrogen (secondary N) is 1. The molecule has 15 heavy (non-hydrogen) atoms. The number of fused-ring (bicyclic) bond motifs is 1. The molecule has 1 saturated carbocycles. The van der Waals surface area contributed by atoms with E-state index in [1.807, 2.05) is 13.0 Å². The zero-order valence-corrected chi connectivity index (χ0v) is 8.69. The number of likely N-dealkylation sites (tertiary alicyclic amines) is 1. The van der Waals surface area contributed by atoms with Gasteiger partial charge < -0.3 is 5.32 Å². The van der Waals surface area contributed by atoms with Crippen molar-refractivity contribution in [3.05, 3.63) is 11.8 Å². The average Bonchev–Trinajstić information content (AvgIpc) is 2.92. The maximum Gasteiger partial charge on any atom is 0.238 e. The number of amides is 2. The first-order valence-corrected chi connectivity index (χ1v) is 5.51. The van der Waals surface area contributed by atoms with Gasteiger partial charge in [-0.1, -0.05) is 6.92 Å². The highest BCUT2D eigenvalue weighted by atomic mass is 16.2. The van der Waals surface area contributed by atoms with Gasteiger partial charge in [-0.15, -0.1) is 0 Å². The van der Waals surface area contributed by atoms with Gasteiger partial charge in [0, 0.05) is 18.2 Å². The summed E-state index contributed by atoms with van der Waals surface area (Å²) in [5, 5.41) is 3.24. The summed E-state index contributed by atoms with van der Waals surface area (Å²) in [6, 6.07) is 0.0696. The molecule has 0 aromatic heterocycles. The quantitative estimate of drug-likeness (QED) is 0.626. The van der Waals surface area contributed by atoms with Crippen molar-refractivity contribution in [2.45, 2.75) is 25.8 Å². The molecule has 3 rings (SSSR count). The fourth-order valence-corrected chi connectivity index (χ4v) is 2.41. The molecule has 0 radical (unpaired) electrons. The van der Waals surface area contributed by atoms with Crippen molar-refractivity contribution in [2.75, 3.05) is 6.54 Å². The van der Waals surface area contributed by atoms with Crippen molar-refractivity contribution in [3.8, 4) is 0 Å². The van der Waals surface area contributed by atoms with Gasteiger partial charge in [-0.3, -0.25) is 14.5 Å². The van der Waals surface area contributed by atoms with E-state index in [-0.39, 0.29) is 29.7 Å². The molecule has 0 spiro atoms. The van der Waals surface area contributed by atoms with Crippen LogP contribution in [0, 0.1) is 11.8 Å². The minimum Gasteiger partial charge on any atom is -0.304 e. The van der Waals surface area contributed by atoms with Gasteiger partial charge in [0.05, 0.1) is 12.0 Å². The van der Waals surface area contributed by atoms with Crippen LogP contribution in [0.3, 0.4) is 0 Å². The summed E-state index contributed by atoms with van der Waals surface area (Å²) in [5.41, 5.74) is 0.893. The third-order valence-electron chi connectivity index (χ3n) is 3.48. The van der Waals surface area contributed by atoms with E-state index < -0.39 is 0 Å². The zero-order valence-electron chi connectivity index (χ0n) is 8.69. The van der Waals surface area contributed by atoms with E-state index in [1.165, 1.54) is 4.90 Å².